The van der Waals surface area contributed by atoms with Gasteiger partial charge in [0, 0.05) is 12.8 Å². The van der Waals surface area contributed by atoms with Gasteiger partial charge in [-0.15, -0.1) is 0 Å². The third-order valence-electron chi connectivity index (χ3n) is 3.40. The number of hydrogen-bond acceptors (Lipinski definition) is 5. The number of hydrogen-bond donors (Lipinski definition) is 3. The van der Waals surface area contributed by atoms with Gasteiger partial charge in [-0.2, -0.15) is 30.7 Å². The summed E-state index contributed by atoms with van der Waals surface area (Å²) < 4.78 is 113. The van der Waals surface area contributed by atoms with Crippen LogP contribution in [0.1, 0.15) is 19.3 Å². The van der Waals surface area contributed by atoms with Crippen molar-refractivity contribution < 1.29 is 48.7 Å². The Kier molecular flexibility index (Phi) is 7.10. The lowest BCUT2D eigenvalue weighted by Crippen LogP contribution is -2.55. The average molecular weight is 453 g/mol. The molecular weight excluding hydrogens is 439 g/mol. The van der Waals surface area contributed by atoms with E-state index in [0.717, 1.165) is 12.1 Å². The summed E-state index contributed by atoms with van der Waals surface area (Å²) in [6, 6.07) is 2.21. The number of sulfone groups is 1. The molecule has 0 fully saturated rings. The lowest BCUT2D eigenvalue weighted by Gasteiger charge is -2.27. The summed E-state index contributed by atoms with van der Waals surface area (Å²) in [6.07, 6.45) is -6.86. The summed E-state index contributed by atoms with van der Waals surface area (Å²) in [7, 11) is -6.41. The first kappa shape index (κ1) is 24.5. The lowest BCUT2D eigenvalue weighted by molar-refractivity contribution is -0.332. The molecular formula is C14H14F7N3O4S. The number of halogens is 7. The van der Waals surface area contributed by atoms with Crippen molar-refractivity contribution in [2.45, 2.75) is 41.5 Å². The third kappa shape index (κ3) is 5.27. The molecule has 0 aromatic heterocycles. The quantitative estimate of drug-likeness (QED) is 0.392. The fourth-order valence-corrected chi connectivity index (χ4v) is 3.07. The van der Waals surface area contributed by atoms with E-state index in [9.17, 15) is 48.7 Å². The van der Waals surface area contributed by atoms with Crippen LogP contribution < -0.4 is 16.6 Å². The van der Waals surface area contributed by atoms with Crippen LogP contribution in [0.25, 0.3) is 0 Å². The zero-order valence-corrected chi connectivity index (χ0v) is 15.0. The van der Waals surface area contributed by atoms with Crippen molar-refractivity contribution in [2.75, 3.05) is 5.43 Å². The molecule has 0 spiro atoms. The predicted octanol–water partition coefficient (Wildman–Crippen LogP) is 2.35. The molecule has 1 aromatic carbocycles. The number of benzene rings is 1. The molecule has 2 amide bonds. The molecule has 7 nitrogen and oxygen atoms in total. The molecule has 164 valence electrons. The van der Waals surface area contributed by atoms with Crippen molar-refractivity contribution in [3.63, 3.8) is 0 Å². The fourth-order valence-electron chi connectivity index (χ4n) is 1.83. The highest BCUT2D eigenvalue weighted by molar-refractivity contribution is 7.92. The molecule has 0 heterocycles. The summed E-state index contributed by atoms with van der Waals surface area (Å²) in [5, 5.41) is -6.46. The summed E-state index contributed by atoms with van der Waals surface area (Å²) in [5.74, 6) is -8.08. The van der Waals surface area contributed by atoms with E-state index in [2.05, 4.69) is 10.9 Å². The molecule has 0 saturated carbocycles. The predicted molar refractivity (Wildman–Crippen MR) is 84.4 cm³/mol. The van der Waals surface area contributed by atoms with Crippen LogP contribution in [0.15, 0.2) is 29.2 Å². The van der Waals surface area contributed by atoms with Crippen molar-refractivity contribution in [2.24, 2.45) is 5.73 Å². The molecule has 1 aromatic rings. The Labute approximate surface area is 159 Å². The molecule has 4 N–H and O–H groups in total. The normalized spacial score (nSPS) is 13.1. The van der Waals surface area contributed by atoms with Gasteiger partial charge in [0.15, 0.2) is 0 Å². The van der Waals surface area contributed by atoms with Gasteiger partial charge < -0.3 is 5.73 Å². The van der Waals surface area contributed by atoms with E-state index in [4.69, 9.17) is 5.73 Å². The highest BCUT2D eigenvalue weighted by Gasteiger charge is 2.78. The number of nitrogens with one attached hydrogen (secondary N) is 2. The van der Waals surface area contributed by atoms with Crippen LogP contribution in [0.5, 0.6) is 0 Å². The Hall–Kier alpha value is -2.58. The van der Waals surface area contributed by atoms with Crippen LogP contribution in [0.4, 0.5) is 36.4 Å². The second-order valence-electron chi connectivity index (χ2n) is 5.61. The van der Waals surface area contributed by atoms with Crippen LogP contribution >= 0.6 is 0 Å². The van der Waals surface area contributed by atoms with Crippen LogP contribution in [0.2, 0.25) is 0 Å². The van der Waals surface area contributed by atoms with Gasteiger partial charge in [-0.25, -0.2) is 8.42 Å². The van der Waals surface area contributed by atoms with E-state index in [1.54, 1.807) is 0 Å². The molecule has 0 aliphatic rings. The van der Waals surface area contributed by atoms with Crippen LogP contribution in [0, 0.1) is 0 Å². The molecule has 0 aliphatic heterocycles. The van der Waals surface area contributed by atoms with Crippen molar-refractivity contribution in [3.8, 4) is 0 Å². The number of nitrogens with two attached hydrogens (primary N) is 1. The van der Waals surface area contributed by atoms with E-state index in [1.807, 2.05) is 0 Å². The van der Waals surface area contributed by atoms with Crippen LogP contribution in [-0.4, -0.2) is 37.6 Å². The van der Waals surface area contributed by atoms with Gasteiger partial charge in [-0.3, -0.25) is 20.4 Å². The summed E-state index contributed by atoms with van der Waals surface area (Å²) in [6.45, 7) is 0. The monoisotopic (exact) mass is 453 g/mol. The Morgan fingerprint density at radius 1 is 0.931 bits per heavy atom. The Balaban J connectivity index is 2.90. The molecule has 0 saturated heterocycles. The van der Waals surface area contributed by atoms with Crippen molar-refractivity contribution in [1.82, 2.24) is 5.43 Å². The Bertz CT molecular complexity index is 855. The van der Waals surface area contributed by atoms with Gasteiger partial charge in [-0.05, 0) is 30.7 Å². The van der Waals surface area contributed by atoms with Gasteiger partial charge in [0.1, 0.15) is 0 Å². The van der Waals surface area contributed by atoms with E-state index < -0.39 is 43.9 Å². The van der Waals surface area contributed by atoms with Gasteiger partial charge in [0.2, 0.25) is 21.7 Å². The van der Waals surface area contributed by atoms with Crippen LogP contribution in [0.3, 0.4) is 0 Å². The minimum Gasteiger partial charge on any atom is -0.370 e. The lowest BCUT2D eigenvalue weighted by atomic mass is 10.2. The number of amides is 2. The molecule has 0 unspecified atom stereocenters. The molecule has 29 heavy (non-hydrogen) atoms. The van der Waals surface area contributed by atoms with E-state index in [0.29, 0.717) is 12.1 Å². The minimum absolute atomic E-state index is 0.0588. The second kappa shape index (κ2) is 8.42. The number of carbonyl (C=O) groups excluding carboxylic acids is 2. The number of rotatable bonds is 9. The van der Waals surface area contributed by atoms with Crippen molar-refractivity contribution >= 4 is 27.3 Å². The second-order valence-corrected chi connectivity index (χ2v) is 7.60. The fraction of sp³-hybridized carbons (Fsp3) is 0.429. The van der Waals surface area contributed by atoms with Gasteiger partial charge in [0.25, 0.3) is 0 Å². The smallest absolute Gasteiger partial charge is 0.370 e. The maximum Gasteiger partial charge on any atom is 0.461 e. The topological polar surface area (TPSA) is 118 Å². The van der Waals surface area contributed by atoms with Crippen molar-refractivity contribution in [3.05, 3.63) is 24.3 Å². The number of alkyl halides is 7. The first-order chi connectivity index (χ1) is 13.0. The summed E-state index contributed by atoms with van der Waals surface area (Å²) in [5.41, 5.74) is 9.10. The molecule has 0 atom stereocenters. The Morgan fingerprint density at radius 2 is 1.45 bits per heavy atom. The van der Waals surface area contributed by atoms with Crippen molar-refractivity contribution in [1.29, 1.82) is 0 Å². The standard InChI is InChI=1S/C14H14F7N3O4S/c15-12(16,13(17,18)19)14(20,21)29(27,28)9-6-4-8(5-7-9)23-24-11(26)3-1-2-10(22)25/h4-7,23H,1-3H2,(H2,22,25)(H,24,26). The maximum atomic E-state index is 13.5. The van der Waals surface area contributed by atoms with E-state index in [1.165, 1.54) is 0 Å². The first-order valence-electron chi connectivity index (χ1n) is 7.54. The highest BCUT2D eigenvalue weighted by Crippen LogP contribution is 2.50. The third-order valence-corrected chi connectivity index (χ3v) is 5.22. The minimum atomic E-state index is -6.82. The number of anilines is 1. The molecule has 15 heteroatoms. The molecule has 0 aliphatic carbocycles. The zero-order valence-electron chi connectivity index (χ0n) is 14.2. The van der Waals surface area contributed by atoms with Crippen LogP contribution in [-0.2, 0) is 19.4 Å². The SMILES string of the molecule is NC(=O)CCCC(=O)NNc1ccc(S(=O)(=O)C(F)(F)C(F)(F)C(F)(F)F)cc1. The van der Waals surface area contributed by atoms with E-state index >= 15 is 0 Å². The van der Waals surface area contributed by atoms with Gasteiger partial charge >= 0.3 is 17.4 Å². The number of hydrazine groups is 1. The largest absolute Gasteiger partial charge is 0.461 e. The summed E-state index contributed by atoms with van der Waals surface area (Å²) >= 11 is 0. The van der Waals surface area contributed by atoms with Gasteiger partial charge in [-0.1, -0.05) is 0 Å². The number of carbonyl (C=O) groups is 2. The number of primary amides is 1. The van der Waals surface area contributed by atoms with E-state index in [-0.39, 0.29) is 24.9 Å². The molecule has 1 rings (SSSR count). The molecule has 0 bridgehead atoms. The zero-order chi connectivity index (χ0) is 22.7. The summed E-state index contributed by atoms with van der Waals surface area (Å²) in [4.78, 5) is 20.5. The first-order valence-corrected chi connectivity index (χ1v) is 9.02. The van der Waals surface area contributed by atoms with Gasteiger partial charge in [0.05, 0.1) is 10.6 Å². The Morgan fingerprint density at radius 3 is 1.90 bits per heavy atom. The maximum absolute atomic E-state index is 13.5. The highest BCUT2D eigenvalue weighted by atomic mass is 32.2. The molecule has 0 radical (unpaired) electrons. The average Bonchev–Trinajstić information content (AvgIpc) is 2.58.